The highest BCUT2D eigenvalue weighted by Crippen LogP contribution is 2.25. The van der Waals surface area contributed by atoms with Gasteiger partial charge in [-0.15, -0.1) is 0 Å². The van der Waals surface area contributed by atoms with Crippen LogP contribution in [0.1, 0.15) is 18.1 Å². The monoisotopic (exact) mass is 184 g/mol. The highest BCUT2D eigenvalue weighted by molar-refractivity contribution is 5.04. The third kappa shape index (κ3) is 1.43. The molecule has 0 aromatic carbocycles. The molecule has 0 radical (unpaired) electrons. The van der Waals surface area contributed by atoms with Gasteiger partial charge in [0.2, 0.25) is 5.89 Å². The fourth-order valence-electron chi connectivity index (χ4n) is 1.29. The van der Waals surface area contributed by atoms with Gasteiger partial charge in [0.1, 0.15) is 5.54 Å². The Labute approximate surface area is 75.2 Å². The van der Waals surface area contributed by atoms with Crippen molar-refractivity contribution in [2.75, 3.05) is 13.2 Å². The van der Waals surface area contributed by atoms with Gasteiger partial charge < -0.3 is 20.7 Å². The molecular weight excluding hydrogens is 172 g/mol. The fourth-order valence-corrected chi connectivity index (χ4v) is 1.29. The van der Waals surface area contributed by atoms with E-state index in [2.05, 4.69) is 10.1 Å². The molecule has 0 bridgehead atoms. The molecule has 0 spiro atoms. The van der Waals surface area contributed by atoms with E-state index in [0.29, 0.717) is 31.3 Å². The Bertz CT molecular complexity index is 292. The summed E-state index contributed by atoms with van der Waals surface area (Å²) in [6.45, 7) is 1.33. The molecule has 1 aliphatic rings. The van der Waals surface area contributed by atoms with Crippen LogP contribution in [-0.4, -0.2) is 23.4 Å². The third-order valence-corrected chi connectivity index (χ3v) is 2.13. The molecule has 1 aliphatic heterocycles. The maximum atomic E-state index is 5.99. The van der Waals surface area contributed by atoms with Crippen molar-refractivity contribution in [3.8, 4) is 0 Å². The van der Waals surface area contributed by atoms with Crippen molar-refractivity contribution < 1.29 is 9.26 Å². The summed E-state index contributed by atoms with van der Waals surface area (Å²) in [6.07, 6.45) is 0.708. The zero-order valence-electron chi connectivity index (χ0n) is 7.19. The number of hydrogen-bond donors (Lipinski definition) is 2. The second-order valence-electron chi connectivity index (χ2n) is 3.18. The van der Waals surface area contributed by atoms with Crippen LogP contribution in [-0.2, 0) is 16.8 Å². The maximum absolute atomic E-state index is 5.99. The average molecular weight is 184 g/mol. The van der Waals surface area contributed by atoms with E-state index in [9.17, 15) is 0 Å². The van der Waals surface area contributed by atoms with Gasteiger partial charge in [0.15, 0.2) is 5.82 Å². The molecule has 2 rings (SSSR count). The van der Waals surface area contributed by atoms with E-state index in [1.165, 1.54) is 0 Å². The normalized spacial score (nSPS) is 28.2. The van der Waals surface area contributed by atoms with E-state index in [1.807, 2.05) is 0 Å². The molecule has 6 heteroatoms. The molecular formula is C7H12N4O2. The number of ether oxygens (including phenoxy) is 1. The quantitative estimate of drug-likeness (QED) is 0.618. The van der Waals surface area contributed by atoms with Crippen molar-refractivity contribution in [2.45, 2.75) is 18.5 Å². The maximum Gasteiger partial charge on any atom is 0.249 e. The van der Waals surface area contributed by atoms with Crippen molar-refractivity contribution in [1.29, 1.82) is 0 Å². The van der Waals surface area contributed by atoms with Crippen LogP contribution in [0.2, 0.25) is 0 Å². The summed E-state index contributed by atoms with van der Waals surface area (Å²) in [4.78, 5) is 4.07. The molecule has 1 aromatic heterocycles. The van der Waals surface area contributed by atoms with Gasteiger partial charge in [-0.3, -0.25) is 0 Å². The van der Waals surface area contributed by atoms with Crippen LogP contribution in [0.4, 0.5) is 0 Å². The molecule has 72 valence electrons. The van der Waals surface area contributed by atoms with Gasteiger partial charge in [0.25, 0.3) is 0 Å². The van der Waals surface area contributed by atoms with Gasteiger partial charge >= 0.3 is 0 Å². The van der Waals surface area contributed by atoms with Crippen molar-refractivity contribution in [3.05, 3.63) is 11.7 Å². The average Bonchev–Trinajstić information content (AvgIpc) is 2.72. The van der Waals surface area contributed by atoms with Gasteiger partial charge in [-0.25, -0.2) is 0 Å². The highest BCUT2D eigenvalue weighted by atomic mass is 16.5. The van der Waals surface area contributed by atoms with Crippen LogP contribution in [0.5, 0.6) is 0 Å². The Morgan fingerprint density at radius 2 is 2.38 bits per heavy atom. The SMILES string of the molecule is NCc1noc(C2(N)CCOC2)n1. The van der Waals surface area contributed by atoms with Gasteiger partial charge in [0.05, 0.1) is 13.2 Å². The van der Waals surface area contributed by atoms with E-state index in [-0.39, 0.29) is 6.54 Å². The van der Waals surface area contributed by atoms with Crippen LogP contribution in [0, 0.1) is 0 Å². The number of nitrogens with two attached hydrogens (primary N) is 2. The first kappa shape index (κ1) is 8.61. The molecule has 0 amide bonds. The van der Waals surface area contributed by atoms with Gasteiger partial charge in [-0.2, -0.15) is 4.98 Å². The lowest BCUT2D eigenvalue weighted by atomic mass is 10.0. The minimum Gasteiger partial charge on any atom is -0.379 e. The largest absolute Gasteiger partial charge is 0.379 e. The van der Waals surface area contributed by atoms with Crippen LogP contribution >= 0.6 is 0 Å². The molecule has 13 heavy (non-hydrogen) atoms. The van der Waals surface area contributed by atoms with Crippen molar-refractivity contribution in [3.63, 3.8) is 0 Å². The molecule has 1 unspecified atom stereocenters. The lowest BCUT2D eigenvalue weighted by Gasteiger charge is -2.14. The van der Waals surface area contributed by atoms with Gasteiger partial charge in [0, 0.05) is 6.61 Å². The predicted molar refractivity (Wildman–Crippen MR) is 43.5 cm³/mol. The van der Waals surface area contributed by atoms with Gasteiger partial charge in [-0.1, -0.05) is 5.16 Å². The lowest BCUT2D eigenvalue weighted by molar-refractivity contribution is 0.166. The topological polar surface area (TPSA) is 100 Å². The number of hydrogen-bond acceptors (Lipinski definition) is 6. The van der Waals surface area contributed by atoms with Crippen molar-refractivity contribution >= 4 is 0 Å². The van der Waals surface area contributed by atoms with Crippen molar-refractivity contribution in [1.82, 2.24) is 10.1 Å². The first-order chi connectivity index (χ1) is 6.24. The first-order valence-electron chi connectivity index (χ1n) is 4.14. The number of nitrogens with zero attached hydrogens (tertiary/aromatic N) is 2. The zero-order valence-corrected chi connectivity index (χ0v) is 7.19. The Hall–Kier alpha value is -0.980. The smallest absolute Gasteiger partial charge is 0.249 e. The number of rotatable bonds is 2. The Morgan fingerprint density at radius 3 is 2.92 bits per heavy atom. The van der Waals surface area contributed by atoms with Crippen LogP contribution in [0.15, 0.2) is 4.52 Å². The van der Waals surface area contributed by atoms with E-state index in [4.69, 9.17) is 20.7 Å². The van der Waals surface area contributed by atoms with E-state index in [1.54, 1.807) is 0 Å². The van der Waals surface area contributed by atoms with E-state index >= 15 is 0 Å². The molecule has 1 atom stereocenters. The first-order valence-corrected chi connectivity index (χ1v) is 4.14. The molecule has 4 N–H and O–H groups in total. The van der Waals surface area contributed by atoms with Crippen LogP contribution in [0.25, 0.3) is 0 Å². The van der Waals surface area contributed by atoms with Crippen LogP contribution < -0.4 is 11.5 Å². The summed E-state index contributed by atoms with van der Waals surface area (Å²) < 4.78 is 10.2. The molecule has 1 saturated heterocycles. The van der Waals surface area contributed by atoms with Gasteiger partial charge in [-0.05, 0) is 6.42 Å². The Balaban J connectivity index is 2.23. The fraction of sp³-hybridized carbons (Fsp3) is 0.714. The third-order valence-electron chi connectivity index (χ3n) is 2.13. The molecule has 0 saturated carbocycles. The number of aromatic nitrogens is 2. The zero-order chi connectivity index (χ0) is 9.31. The standard InChI is InChI=1S/C7H12N4O2/c8-3-5-10-6(13-11-5)7(9)1-2-12-4-7/h1-4,8-9H2. The molecule has 1 fully saturated rings. The molecule has 1 aromatic rings. The second-order valence-corrected chi connectivity index (χ2v) is 3.18. The summed E-state index contributed by atoms with van der Waals surface area (Å²) in [5.41, 5.74) is 10.7. The van der Waals surface area contributed by atoms with Crippen LogP contribution in [0.3, 0.4) is 0 Å². The minimum atomic E-state index is -0.611. The predicted octanol–water partition coefficient (Wildman–Crippen LogP) is -0.897. The summed E-state index contributed by atoms with van der Waals surface area (Å²) >= 11 is 0. The molecule has 0 aliphatic carbocycles. The Kier molecular flexibility index (Phi) is 2.03. The molecule has 2 heterocycles. The van der Waals surface area contributed by atoms with Crippen molar-refractivity contribution in [2.24, 2.45) is 11.5 Å². The Morgan fingerprint density at radius 1 is 1.54 bits per heavy atom. The second kappa shape index (κ2) is 3.06. The van der Waals surface area contributed by atoms with E-state index in [0.717, 1.165) is 0 Å². The highest BCUT2D eigenvalue weighted by Gasteiger charge is 2.37. The lowest BCUT2D eigenvalue weighted by Crippen LogP contribution is -2.37. The summed E-state index contributed by atoms with van der Waals surface area (Å²) in [5.74, 6) is 0.900. The molecule has 6 nitrogen and oxygen atoms in total. The minimum absolute atomic E-state index is 0.264. The van der Waals surface area contributed by atoms with E-state index < -0.39 is 5.54 Å². The summed E-state index contributed by atoms with van der Waals surface area (Å²) in [6, 6.07) is 0. The summed E-state index contributed by atoms with van der Waals surface area (Å²) in [7, 11) is 0. The summed E-state index contributed by atoms with van der Waals surface area (Å²) in [5, 5.41) is 3.68.